The standard InChI is InChI=1S/C12H21ClSi/c1-10(2)7-14(13,8-11(3)4)9-12(5)6/h1,3,5,7-9H2,2,4,6H3. The van der Waals surface area contributed by atoms with Crippen molar-refractivity contribution in [3.05, 3.63) is 36.5 Å². The average molecular weight is 229 g/mol. The fraction of sp³-hybridized carbons (Fsp3) is 0.500. The third kappa shape index (κ3) is 6.22. The van der Waals surface area contributed by atoms with E-state index in [1.807, 2.05) is 20.8 Å². The molecule has 2 heteroatoms. The average Bonchev–Trinajstić information content (AvgIpc) is 1.76. The Hall–Kier alpha value is -0.273. The number of allylic oxidation sites excluding steroid dienone is 3. The molecule has 0 N–H and O–H groups in total. The lowest BCUT2D eigenvalue weighted by Crippen LogP contribution is -2.27. The van der Waals surface area contributed by atoms with Gasteiger partial charge in [-0.15, -0.1) is 19.7 Å². The zero-order chi connectivity index (χ0) is 11.4. The summed E-state index contributed by atoms with van der Waals surface area (Å²) >= 11 is 6.68. The van der Waals surface area contributed by atoms with E-state index in [0.29, 0.717) is 0 Å². The maximum absolute atomic E-state index is 6.68. The summed E-state index contributed by atoms with van der Waals surface area (Å²) in [6, 6.07) is 2.90. The van der Waals surface area contributed by atoms with Crippen LogP contribution in [0.3, 0.4) is 0 Å². The van der Waals surface area contributed by atoms with Gasteiger partial charge in [0.25, 0.3) is 0 Å². The fourth-order valence-electron chi connectivity index (χ4n) is 1.81. The minimum absolute atomic E-state index is 0.967. The zero-order valence-corrected chi connectivity index (χ0v) is 11.4. The molecule has 0 aromatic carbocycles. The van der Waals surface area contributed by atoms with Crippen LogP contribution in [0.5, 0.6) is 0 Å². The van der Waals surface area contributed by atoms with Crippen LogP contribution in [0.1, 0.15) is 20.8 Å². The van der Waals surface area contributed by atoms with Crippen molar-refractivity contribution in [1.82, 2.24) is 0 Å². The predicted molar refractivity (Wildman–Crippen MR) is 70.5 cm³/mol. The molecule has 0 rings (SSSR count). The topological polar surface area (TPSA) is 0 Å². The maximum atomic E-state index is 6.68. The molecule has 80 valence electrons. The first-order valence-corrected chi connectivity index (χ1v) is 8.50. The summed E-state index contributed by atoms with van der Waals surface area (Å²) in [6.07, 6.45) is 0. The van der Waals surface area contributed by atoms with Gasteiger partial charge in [0.05, 0.1) is 0 Å². The van der Waals surface area contributed by atoms with Crippen molar-refractivity contribution in [2.45, 2.75) is 38.9 Å². The van der Waals surface area contributed by atoms with E-state index in [2.05, 4.69) is 19.7 Å². The summed E-state index contributed by atoms with van der Waals surface area (Å²) < 4.78 is 0. The van der Waals surface area contributed by atoms with Gasteiger partial charge in [-0.1, -0.05) is 16.7 Å². The second-order valence-electron chi connectivity index (χ2n) is 4.55. The van der Waals surface area contributed by atoms with Crippen LogP contribution in [-0.4, -0.2) is 7.38 Å². The molecule has 0 bridgehead atoms. The predicted octanol–water partition coefficient (Wildman–Crippen LogP) is 4.90. The maximum Gasteiger partial charge on any atom is 0.168 e. The van der Waals surface area contributed by atoms with Crippen LogP contribution in [0, 0.1) is 0 Å². The van der Waals surface area contributed by atoms with Crippen LogP contribution >= 0.6 is 11.1 Å². The Balaban J connectivity index is 4.56. The lowest BCUT2D eigenvalue weighted by atomic mass is 10.4. The molecular weight excluding hydrogens is 208 g/mol. The van der Waals surface area contributed by atoms with Gasteiger partial charge >= 0.3 is 0 Å². The lowest BCUT2D eigenvalue weighted by Gasteiger charge is -2.25. The summed E-state index contributed by atoms with van der Waals surface area (Å²) in [5, 5.41) is 0. The Morgan fingerprint density at radius 3 is 1.21 bits per heavy atom. The summed E-state index contributed by atoms with van der Waals surface area (Å²) in [7, 11) is -1.77. The molecule has 0 aliphatic carbocycles. The van der Waals surface area contributed by atoms with E-state index in [1.54, 1.807) is 0 Å². The van der Waals surface area contributed by atoms with Gasteiger partial charge in [0.2, 0.25) is 0 Å². The van der Waals surface area contributed by atoms with Crippen LogP contribution in [0.2, 0.25) is 18.1 Å². The highest BCUT2D eigenvalue weighted by Crippen LogP contribution is 2.33. The Labute approximate surface area is 94.1 Å². The number of hydrogen-bond acceptors (Lipinski definition) is 0. The van der Waals surface area contributed by atoms with Crippen molar-refractivity contribution in [1.29, 1.82) is 0 Å². The molecule has 0 aromatic heterocycles. The molecule has 0 saturated carbocycles. The molecule has 0 unspecified atom stereocenters. The van der Waals surface area contributed by atoms with Crippen molar-refractivity contribution in [3.63, 3.8) is 0 Å². The highest BCUT2D eigenvalue weighted by Gasteiger charge is 2.30. The van der Waals surface area contributed by atoms with Crippen LogP contribution in [0.4, 0.5) is 0 Å². The third-order valence-corrected chi connectivity index (χ3v) is 6.77. The lowest BCUT2D eigenvalue weighted by molar-refractivity contribution is 1.22. The highest BCUT2D eigenvalue weighted by molar-refractivity contribution is 7.21. The van der Waals surface area contributed by atoms with Gasteiger partial charge in [0, 0.05) is 0 Å². The molecule has 0 aromatic rings. The van der Waals surface area contributed by atoms with Gasteiger partial charge in [-0.2, -0.15) is 11.1 Å². The fourth-order valence-corrected chi connectivity index (χ4v) is 7.48. The minimum atomic E-state index is -1.77. The Kier molecular flexibility index (Phi) is 5.46. The SMILES string of the molecule is C=C(C)C[Si](Cl)(CC(=C)C)CC(=C)C. The summed E-state index contributed by atoms with van der Waals surface area (Å²) in [6.45, 7) is 18.0. The molecule has 0 atom stereocenters. The highest BCUT2D eigenvalue weighted by atomic mass is 35.6. The van der Waals surface area contributed by atoms with E-state index in [9.17, 15) is 0 Å². The molecule has 0 nitrogen and oxygen atoms in total. The van der Waals surface area contributed by atoms with Gasteiger partial charge in [0.15, 0.2) is 7.38 Å². The molecule has 0 heterocycles. The number of halogens is 1. The Bertz CT molecular complexity index is 212. The summed E-state index contributed by atoms with van der Waals surface area (Å²) in [5.41, 5.74) is 3.53. The molecule has 0 amide bonds. The molecule has 14 heavy (non-hydrogen) atoms. The van der Waals surface area contributed by atoms with Crippen molar-refractivity contribution in [2.24, 2.45) is 0 Å². The molecule has 0 fully saturated rings. The molecule has 0 saturated heterocycles. The Morgan fingerprint density at radius 2 is 1.07 bits per heavy atom. The number of hydrogen-bond donors (Lipinski definition) is 0. The van der Waals surface area contributed by atoms with E-state index in [1.165, 1.54) is 16.7 Å². The van der Waals surface area contributed by atoms with Crippen molar-refractivity contribution in [3.8, 4) is 0 Å². The molecule has 0 aliphatic heterocycles. The molecule has 0 aliphatic rings. The van der Waals surface area contributed by atoms with Crippen LogP contribution in [0.25, 0.3) is 0 Å². The van der Waals surface area contributed by atoms with Crippen LogP contribution in [0.15, 0.2) is 36.5 Å². The van der Waals surface area contributed by atoms with E-state index in [-0.39, 0.29) is 0 Å². The van der Waals surface area contributed by atoms with Crippen LogP contribution in [-0.2, 0) is 0 Å². The molecular formula is C12H21ClSi. The van der Waals surface area contributed by atoms with Gasteiger partial charge in [0.1, 0.15) is 0 Å². The number of rotatable bonds is 6. The van der Waals surface area contributed by atoms with Gasteiger partial charge in [-0.3, -0.25) is 0 Å². The van der Waals surface area contributed by atoms with Crippen LogP contribution < -0.4 is 0 Å². The van der Waals surface area contributed by atoms with Crippen molar-refractivity contribution >= 4 is 18.5 Å². The van der Waals surface area contributed by atoms with E-state index >= 15 is 0 Å². The smallest absolute Gasteiger partial charge is 0.166 e. The second-order valence-corrected chi connectivity index (χ2v) is 10.3. The van der Waals surface area contributed by atoms with E-state index in [4.69, 9.17) is 11.1 Å². The minimum Gasteiger partial charge on any atom is -0.166 e. The third-order valence-electron chi connectivity index (χ3n) is 1.86. The largest absolute Gasteiger partial charge is 0.168 e. The van der Waals surface area contributed by atoms with Gasteiger partial charge in [-0.05, 0) is 38.9 Å². The second kappa shape index (κ2) is 5.57. The summed E-state index contributed by atoms with van der Waals surface area (Å²) in [5.74, 6) is 0. The van der Waals surface area contributed by atoms with Crippen molar-refractivity contribution in [2.75, 3.05) is 0 Å². The van der Waals surface area contributed by atoms with E-state index in [0.717, 1.165) is 18.1 Å². The monoisotopic (exact) mass is 228 g/mol. The summed E-state index contributed by atoms with van der Waals surface area (Å²) in [4.78, 5) is 0. The zero-order valence-electron chi connectivity index (χ0n) is 9.62. The quantitative estimate of drug-likeness (QED) is 0.345. The molecule has 0 spiro atoms. The normalized spacial score (nSPS) is 11.1. The Morgan fingerprint density at radius 1 is 0.857 bits per heavy atom. The first-order chi connectivity index (χ1) is 6.25. The van der Waals surface area contributed by atoms with E-state index < -0.39 is 7.38 Å². The van der Waals surface area contributed by atoms with Gasteiger partial charge < -0.3 is 0 Å². The molecule has 0 radical (unpaired) electrons. The first kappa shape index (κ1) is 13.7. The first-order valence-electron chi connectivity index (χ1n) is 4.87. The van der Waals surface area contributed by atoms with Crippen molar-refractivity contribution < 1.29 is 0 Å². The van der Waals surface area contributed by atoms with Gasteiger partial charge in [-0.25, -0.2) is 0 Å².